The Kier molecular flexibility index (Phi) is 6.77. The summed E-state index contributed by atoms with van der Waals surface area (Å²) in [6, 6.07) is 14.9. The van der Waals surface area contributed by atoms with Crippen LogP contribution in [0.5, 0.6) is 5.75 Å². The average Bonchev–Trinajstić information content (AvgIpc) is 2.99. The maximum atomic E-state index is 13.1. The molecular weight excluding hydrogens is 402 g/mol. The van der Waals surface area contributed by atoms with Gasteiger partial charge in [-0.3, -0.25) is 9.59 Å². The van der Waals surface area contributed by atoms with E-state index in [4.69, 9.17) is 4.74 Å². The van der Waals surface area contributed by atoms with Crippen molar-refractivity contribution in [3.05, 3.63) is 76.6 Å². The second-order valence-corrected chi connectivity index (χ2v) is 9.57. The van der Waals surface area contributed by atoms with Crippen LogP contribution >= 0.6 is 0 Å². The van der Waals surface area contributed by atoms with E-state index in [2.05, 4.69) is 20.8 Å². The Hall–Kier alpha value is -3.08. The van der Waals surface area contributed by atoms with Crippen molar-refractivity contribution < 1.29 is 19.4 Å². The number of carbonyl (C=O) groups excluding carboxylic acids is 2. The molecule has 0 spiro atoms. The van der Waals surface area contributed by atoms with Crippen LogP contribution in [0, 0.1) is 5.92 Å². The molecule has 5 heteroatoms. The maximum Gasteiger partial charge on any atom is 0.290 e. The van der Waals surface area contributed by atoms with E-state index < -0.39 is 17.7 Å². The van der Waals surface area contributed by atoms with Crippen molar-refractivity contribution in [3.63, 3.8) is 0 Å². The van der Waals surface area contributed by atoms with Crippen molar-refractivity contribution in [1.29, 1.82) is 0 Å². The molecule has 1 amide bonds. The van der Waals surface area contributed by atoms with Gasteiger partial charge in [0.15, 0.2) is 11.5 Å². The number of hydrogen-bond acceptors (Lipinski definition) is 4. The first-order valence-corrected chi connectivity index (χ1v) is 11.1. The van der Waals surface area contributed by atoms with Gasteiger partial charge >= 0.3 is 0 Å². The summed E-state index contributed by atoms with van der Waals surface area (Å²) < 4.78 is 5.50. The number of amides is 1. The zero-order chi connectivity index (χ0) is 23.6. The zero-order valence-electron chi connectivity index (χ0n) is 19.8. The molecule has 1 heterocycles. The highest BCUT2D eigenvalue weighted by atomic mass is 16.5. The van der Waals surface area contributed by atoms with Crippen molar-refractivity contribution in [2.24, 2.45) is 5.92 Å². The molecule has 5 nitrogen and oxygen atoms in total. The van der Waals surface area contributed by atoms with E-state index in [-0.39, 0.29) is 29.2 Å². The topological polar surface area (TPSA) is 66.8 Å². The molecule has 3 rings (SSSR count). The predicted molar refractivity (Wildman–Crippen MR) is 126 cm³/mol. The van der Waals surface area contributed by atoms with Crippen LogP contribution in [-0.2, 0) is 21.5 Å². The third-order valence-corrected chi connectivity index (χ3v) is 5.77. The fourth-order valence-corrected chi connectivity index (χ4v) is 3.95. The number of ketones is 1. The first kappa shape index (κ1) is 23.6. The van der Waals surface area contributed by atoms with Gasteiger partial charge in [-0.05, 0) is 41.2 Å². The van der Waals surface area contributed by atoms with E-state index in [1.807, 2.05) is 55.5 Å². The number of ether oxygens (including phenoxy) is 1. The minimum Gasteiger partial charge on any atom is -0.503 e. The summed E-state index contributed by atoms with van der Waals surface area (Å²) in [4.78, 5) is 27.7. The fourth-order valence-electron chi connectivity index (χ4n) is 3.95. The molecule has 2 aromatic carbocycles. The van der Waals surface area contributed by atoms with Gasteiger partial charge in [0.1, 0.15) is 5.75 Å². The second-order valence-electron chi connectivity index (χ2n) is 9.57. The van der Waals surface area contributed by atoms with Crippen LogP contribution in [0.1, 0.15) is 64.3 Å². The summed E-state index contributed by atoms with van der Waals surface area (Å²) in [5, 5.41) is 10.7. The highest BCUT2D eigenvalue weighted by Gasteiger charge is 2.43. The number of nitrogens with zero attached hydrogens (tertiary/aromatic N) is 1. The lowest BCUT2D eigenvalue weighted by Crippen LogP contribution is -2.31. The number of aliphatic hydroxyl groups is 1. The predicted octanol–water partition coefficient (Wildman–Crippen LogP) is 5.50. The molecule has 0 fully saturated rings. The van der Waals surface area contributed by atoms with Gasteiger partial charge in [0.25, 0.3) is 5.91 Å². The van der Waals surface area contributed by atoms with Gasteiger partial charge < -0.3 is 14.7 Å². The van der Waals surface area contributed by atoms with Crippen LogP contribution in [0.15, 0.2) is 59.9 Å². The molecule has 0 saturated heterocycles. The molecule has 1 unspecified atom stereocenters. The normalized spacial score (nSPS) is 16.8. The molecule has 1 atom stereocenters. The molecule has 170 valence electrons. The Morgan fingerprint density at radius 3 is 2.16 bits per heavy atom. The van der Waals surface area contributed by atoms with Gasteiger partial charge in [0, 0.05) is 12.5 Å². The number of Topliss-reactive ketones (excluding diaryl/α,β-unsaturated/α-hetero) is 1. The zero-order valence-corrected chi connectivity index (χ0v) is 19.8. The van der Waals surface area contributed by atoms with Crippen LogP contribution in [-0.4, -0.2) is 28.3 Å². The van der Waals surface area contributed by atoms with E-state index in [0.29, 0.717) is 6.61 Å². The van der Waals surface area contributed by atoms with Crippen molar-refractivity contribution >= 4 is 11.7 Å². The Labute approximate surface area is 190 Å². The van der Waals surface area contributed by atoms with Crippen molar-refractivity contribution in [2.45, 2.75) is 59.5 Å². The van der Waals surface area contributed by atoms with Gasteiger partial charge in [0.05, 0.1) is 18.2 Å². The monoisotopic (exact) mass is 435 g/mol. The van der Waals surface area contributed by atoms with Crippen LogP contribution in [0.3, 0.4) is 0 Å². The molecule has 0 bridgehead atoms. The molecule has 0 aliphatic carbocycles. The van der Waals surface area contributed by atoms with E-state index in [1.54, 1.807) is 18.7 Å². The number of carbonyl (C=O) groups is 2. The molecule has 1 aliphatic heterocycles. The molecule has 0 saturated carbocycles. The van der Waals surface area contributed by atoms with Gasteiger partial charge in [-0.1, -0.05) is 71.0 Å². The minimum absolute atomic E-state index is 0.0133. The van der Waals surface area contributed by atoms with Crippen LogP contribution in [0.2, 0.25) is 0 Å². The van der Waals surface area contributed by atoms with Gasteiger partial charge in [0.2, 0.25) is 0 Å². The molecule has 0 aromatic heterocycles. The third-order valence-electron chi connectivity index (χ3n) is 5.77. The van der Waals surface area contributed by atoms with Crippen LogP contribution in [0.4, 0.5) is 0 Å². The lowest BCUT2D eigenvalue weighted by Gasteiger charge is -2.28. The summed E-state index contributed by atoms with van der Waals surface area (Å²) in [6.07, 6.45) is 0. The van der Waals surface area contributed by atoms with Crippen LogP contribution in [0.25, 0.3) is 0 Å². The third kappa shape index (κ3) is 4.72. The maximum absolute atomic E-state index is 13.1. The number of benzene rings is 2. The Balaban J connectivity index is 2.01. The quantitative estimate of drug-likeness (QED) is 0.623. The molecule has 2 aromatic rings. The molecule has 0 radical (unpaired) electrons. The Morgan fingerprint density at radius 1 is 1.06 bits per heavy atom. The fraction of sp³-hybridized carbons (Fsp3) is 0.407. The first-order valence-electron chi connectivity index (χ1n) is 11.1. The van der Waals surface area contributed by atoms with Crippen molar-refractivity contribution in [2.75, 3.05) is 6.61 Å². The SMILES string of the molecule is CCOc1ccc(CN2C(=O)C(O)=C(C(=O)C(C)C)C2c2ccc(C(C)(C)C)cc2)cc1. The Bertz CT molecular complexity index is 1010. The highest BCUT2D eigenvalue weighted by molar-refractivity contribution is 6.09. The molecular formula is C27H33NO4. The van der Waals surface area contributed by atoms with E-state index >= 15 is 0 Å². The first-order chi connectivity index (χ1) is 15.0. The Morgan fingerprint density at radius 2 is 1.66 bits per heavy atom. The summed E-state index contributed by atoms with van der Waals surface area (Å²) in [5.74, 6) is -0.751. The average molecular weight is 436 g/mol. The minimum atomic E-state index is -0.627. The van der Waals surface area contributed by atoms with Crippen molar-refractivity contribution in [3.8, 4) is 5.75 Å². The second kappa shape index (κ2) is 9.19. The summed E-state index contributed by atoms with van der Waals surface area (Å²) in [6.45, 7) is 12.7. The number of rotatable bonds is 7. The molecule has 32 heavy (non-hydrogen) atoms. The summed E-state index contributed by atoms with van der Waals surface area (Å²) >= 11 is 0. The molecule has 1 N–H and O–H groups in total. The smallest absolute Gasteiger partial charge is 0.290 e. The van der Waals surface area contributed by atoms with Gasteiger partial charge in [-0.15, -0.1) is 0 Å². The number of hydrogen-bond donors (Lipinski definition) is 1. The lowest BCUT2D eigenvalue weighted by molar-refractivity contribution is -0.130. The molecule has 1 aliphatic rings. The summed E-state index contributed by atoms with van der Waals surface area (Å²) in [7, 11) is 0. The van der Waals surface area contributed by atoms with Crippen molar-refractivity contribution in [1.82, 2.24) is 4.90 Å². The highest BCUT2D eigenvalue weighted by Crippen LogP contribution is 2.40. The van der Waals surface area contributed by atoms with Crippen LogP contribution < -0.4 is 4.74 Å². The van der Waals surface area contributed by atoms with E-state index in [1.165, 1.54) is 0 Å². The number of aliphatic hydroxyl groups excluding tert-OH is 1. The van der Waals surface area contributed by atoms with Gasteiger partial charge in [-0.2, -0.15) is 0 Å². The standard InChI is InChI=1S/C27H33NO4/c1-7-32-21-14-8-18(9-15-21)16-28-23(19-10-12-20(13-11-19)27(4,5)6)22(24(29)17(2)3)25(30)26(28)31/h8-15,17,23,30H,7,16H2,1-6H3. The summed E-state index contributed by atoms with van der Waals surface area (Å²) in [5.41, 5.74) is 3.03. The van der Waals surface area contributed by atoms with E-state index in [9.17, 15) is 14.7 Å². The largest absolute Gasteiger partial charge is 0.503 e. The van der Waals surface area contributed by atoms with E-state index in [0.717, 1.165) is 22.4 Å². The van der Waals surface area contributed by atoms with Gasteiger partial charge in [-0.25, -0.2) is 0 Å². The lowest BCUT2D eigenvalue weighted by atomic mass is 9.85.